The van der Waals surface area contributed by atoms with Gasteiger partial charge in [-0.15, -0.1) is 0 Å². The summed E-state index contributed by atoms with van der Waals surface area (Å²) >= 11 is 12.1. The number of amides is 1. The summed E-state index contributed by atoms with van der Waals surface area (Å²) in [5.41, 5.74) is 1.82. The van der Waals surface area contributed by atoms with Crippen LogP contribution in [0.3, 0.4) is 0 Å². The molecule has 1 N–H and O–H groups in total. The van der Waals surface area contributed by atoms with Crippen LogP contribution in [0.1, 0.15) is 21.7 Å². The van der Waals surface area contributed by atoms with Crippen LogP contribution in [0, 0.1) is 6.92 Å². The van der Waals surface area contributed by atoms with Crippen molar-refractivity contribution in [3.8, 4) is 0 Å². The van der Waals surface area contributed by atoms with E-state index in [4.69, 9.17) is 23.2 Å². The van der Waals surface area contributed by atoms with Gasteiger partial charge in [-0.3, -0.25) is 9.78 Å². The van der Waals surface area contributed by atoms with E-state index in [-0.39, 0.29) is 11.6 Å². The van der Waals surface area contributed by atoms with Crippen molar-refractivity contribution in [3.63, 3.8) is 0 Å². The average Bonchev–Trinajstić information content (AvgIpc) is 2.97. The Labute approximate surface area is 148 Å². The first-order valence-electron chi connectivity index (χ1n) is 7.08. The number of hydrogen-bond donors (Lipinski definition) is 1. The number of halogens is 2. The lowest BCUT2D eigenvalue weighted by atomic mass is 10.2. The summed E-state index contributed by atoms with van der Waals surface area (Å²) in [6.45, 7) is 2.21. The van der Waals surface area contributed by atoms with Crippen LogP contribution in [-0.4, -0.2) is 25.7 Å². The third kappa shape index (κ3) is 3.72. The Hall–Kier alpha value is -2.44. The zero-order valence-electron chi connectivity index (χ0n) is 12.7. The molecule has 0 radical (unpaired) electrons. The summed E-state index contributed by atoms with van der Waals surface area (Å²) < 4.78 is 1.63. The maximum atomic E-state index is 12.2. The van der Waals surface area contributed by atoms with Gasteiger partial charge in [-0.1, -0.05) is 29.3 Å². The van der Waals surface area contributed by atoms with Crippen molar-refractivity contribution < 1.29 is 4.79 Å². The SMILES string of the molecule is Cc1cnc(C(=O)Nc2ccnn2Cc2ccc(Cl)cc2Cl)cn1. The van der Waals surface area contributed by atoms with E-state index in [0.717, 1.165) is 11.3 Å². The quantitative estimate of drug-likeness (QED) is 0.770. The first kappa shape index (κ1) is 16.4. The lowest BCUT2D eigenvalue weighted by molar-refractivity contribution is 0.102. The van der Waals surface area contributed by atoms with Gasteiger partial charge in [0.25, 0.3) is 5.91 Å². The Morgan fingerprint density at radius 1 is 1.21 bits per heavy atom. The first-order chi connectivity index (χ1) is 11.5. The summed E-state index contributed by atoms with van der Waals surface area (Å²) in [4.78, 5) is 20.4. The normalized spacial score (nSPS) is 10.6. The molecular weight excluding hydrogens is 349 g/mol. The van der Waals surface area contributed by atoms with Crippen LogP contribution in [0.25, 0.3) is 0 Å². The maximum absolute atomic E-state index is 12.2. The van der Waals surface area contributed by atoms with Gasteiger partial charge in [-0.25, -0.2) is 9.67 Å². The van der Waals surface area contributed by atoms with E-state index in [1.165, 1.54) is 6.20 Å². The Balaban J connectivity index is 1.77. The molecule has 122 valence electrons. The summed E-state index contributed by atoms with van der Waals surface area (Å²) in [5.74, 6) is 0.180. The molecule has 0 unspecified atom stereocenters. The van der Waals surface area contributed by atoms with Crippen LogP contribution in [0.5, 0.6) is 0 Å². The predicted octanol–water partition coefficient (Wildman–Crippen LogP) is 3.59. The van der Waals surface area contributed by atoms with Gasteiger partial charge in [-0.05, 0) is 24.6 Å². The Morgan fingerprint density at radius 3 is 2.75 bits per heavy atom. The molecule has 1 amide bonds. The Bertz CT molecular complexity index is 876. The van der Waals surface area contributed by atoms with E-state index in [2.05, 4.69) is 20.4 Å². The van der Waals surface area contributed by atoms with Crippen molar-refractivity contribution in [1.29, 1.82) is 0 Å². The number of nitrogens with zero attached hydrogens (tertiary/aromatic N) is 4. The predicted molar refractivity (Wildman–Crippen MR) is 92.5 cm³/mol. The van der Waals surface area contributed by atoms with E-state index in [1.54, 1.807) is 42.2 Å². The molecule has 0 spiro atoms. The standard InChI is InChI=1S/C16H13Cl2N5O/c1-10-7-20-14(8-19-10)16(24)22-15-4-5-21-23(15)9-11-2-3-12(17)6-13(11)18/h2-8H,9H2,1H3,(H,22,24). The number of aryl methyl sites for hydroxylation is 1. The van der Waals surface area contributed by atoms with Gasteiger partial charge in [0.2, 0.25) is 0 Å². The Kier molecular flexibility index (Phi) is 4.78. The second-order valence-corrected chi connectivity index (χ2v) is 5.95. The van der Waals surface area contributed by atoms with Crippen LogP contribution in [-0.2, 0) is 6.54 Å². The third-order valence-electron chi connectivity index (χ3n) is 3.31. The van der Waals surface area contributed by atoms with Gasteiger partial charge in [0.05, 0.1) is 24.6 Å². The molecule has 3 aromatic rings. The largest absolute Gasteiger partial charge is 0.305 e. The summed E-state index contributed by atoms with van der Waals surface area (Å²) in [6, 6.07) is 6.95. The van der Waals surface area contributed by atoms with Gasteiger partial charge in [-0.2, -0.15) is 5.10 Å². The van der Waals surface area contributed by atoms with Gasteiger partial charge in [0, 0.05) is 22.3 Å². The lowest BCUT2D eigenvalue weighted by Gasteiger charge is -2.10. The molecule has 1 aromatic carbocycles. The second-order valence-electron chi connectivity index (χ2n) is 5.11. The minimum absolute atomic E-state index is 0.234. The molecule has 0 bridgehead atoms. The number of aromatic nitrogens is 4. The maximum Gasteiger partial charge on any atom is 0.277 e. The molecule has 0 saturated carbocycles. The fourth-order valence-electron chi connectivity index (χ4n) is 2.07. The van der Waals surface area contributed by atoms with Crippen LogP contribution < -0.4 is 5.32 Å². The van der Waals surface area contributed by atoms with Crippen molar-refractivity contribution in [3.05, 3.63) is 69.9 Å². The van der Waals surface area contributed by atoms with E-state index in [0.29, 0.717) is 22.4 Å². The van der Waals surface area contributed by atoms with Crippen LogP contribution in [0.2, 0.25) is 10.0 Å². The smallest absolute Gasteiger partial charge is 0.277 e. The first-order valence-corrected chi connectivity index (χ1v) is 7.84. The zero-order chi connectivity index (χ0) is 17.1. The fourth-order valence-corrected chi connectivity index (χ4v) is 2.53. The number of hydrogen-bond acceptors (Lipinski definition) is 4. The Morgan fingerprint density at radius 2 is 2.04 bits per heavy atom. The van der Waals surface area contributed by atoms with E-state index in [1.807, 2.05) is 6.07 Å². The molecule has 0 saturated heterocycles. The van der Waals surface area contributed by atoms with Crippen molar-refractivity contribution in [2.45, 2.75) is 13.5 Å². The summed E-state index contributed by atoms with van der Waals surface area (Å²) in [6.07, 6.45) is 4.57. The van der Waals surface area contributed by atoms with E-state index >= 15 is 0 Å². The molecule has 0 atom stereocenters. The van der Waals surface area contributed by atoms with Crippen molar-refractivity contribution >= 4 is 34.9 Å². The van der Waals surface area contributed by atoms with Crippen LogP contribution in [0.4, 0.5) is 5.82 Å². The van der Waals surface area contributed by atoms with E-state index in [9.17, 15) is 4.79 Å². The fraction of sp³-hybridized carbons (Fsp3) is 0.125. The molecule has 2 heterocycles. The molecular formula is C16H13Cl2N5O. The minimum Gasteiger partial charge on any atom is -0.305 e. The van der Waals surface area contributed by atoms with Gasteiger partial charge >= 0.3 is 0 Å². The number of benzene rings is 1. The lowest BCUT2D eigenvalue weighted by Crippen LogP contribution is -2.17. The summed E-state index contributed by atoms with van der Waals surface area (Å²) in [5, 5.41) is 8.08. The van der Waals surface area contributed by atoms with Gasteiger partial charge < -0.3 is 5.32 Å². The highest BCUT2D eigenvalue weighted by Gasteiger charge is 2.12. The number of carbonyl (C=O) groups is 1. The molecule has 0 aliphatic carbocycles. The molecule has 6 nitrogen and oxygen atoms in total. The second kappa shape index (κ2) is 6.98. The number of anilines is 1. The molecule has 2 aromatic heterocycles. The highest BCUT2D eigenvalue weighted by molar-refractivity contribution is 6.35. The van der Waals surface area contributed by atoms with Gasteiger partial charge in [0.15, 0.2) is 0 Å². The topological polar surface area (TPSA) is 72.7 Å². The van der Waals surface area contributed by atoms with E-state index < -0.39 is 0 Å². The minimum atomic E-state index is -0.355. The zero-order valence-corrected chi connectivity index (χ0v) is 14.2. The molecule has 0 fully saturated rings. The molecule has 0 aliphatic heterocycles. The number of nitrogens with one attached hydrogen (secondary N) is 1. The third-order valence-corrected chi connectivity index (χ3v) is 3.89. The molecule has 3 rings (SSSR count). The van der Waals surface area contributed by atoms with Crippen molar-refractivity contribution in [2.75, 3.05) is 5.32 Å². The van der Waals surface area contributed by atoms with Gasteiger partial charge in [0.1, 0.15) is 11.5 Å². The average molecular weight is 362 g/mol. The molecule has 24 heavy (non-hydrogen) atoms. The van der Waals surface area contributed by atoms with Crippen molar-refractivity contribution in [2.24, 2.45) is 0 Å². The molecule has 0 aliphatic rings. The molecule has 8 heteroatoms. The summed E-state index contributed by atoms with van der Waals surface area (Å²) in [7, 11) is 0. The highest BCUT2D eigenvalue weighted by atomic mass is 35.5. The van der Waals surface area contributed by atoms with Crippen LogP contribution >= 0.6 is 23.2 Å². The number of rotatable bonds is 4. The van der Waals surface area contributed by atoms with Crippen molar-refractivity contribution in [1.82, 2.24) is 19.7 Å². The number of carbonyl (C=O) groups excluding carboxylic acids is 1. The highest BCUT2D eigenvalue weighted by Crippen LogP contribution is 2.22. The van der Waals surface area contributed by atoms with Crippen LogP contribution in [0.15, 0.2) is 42.9 Å². The monoisotopic (exact) mass is 361 g/mol.